The van der Waals surface area contributed by atoms with Gasteiger partial charge < -0.3 is 5.32 Å². The van der Waals surface area contributed by atoms with E-state index in [1.807, 2.05) is 13.1 Å². The molecule has 0 aliphatic rings. The first-order chi connectivity index (χ1) is 7.95. The molecule has 0 heterocycles. The third kappa shape index (κ3) is 4.27. The minimum atomic E-state index is 0.495. The first-order valence-electron chi connectivity index (χ1n) is 6.07. The summed E-state index contributed by atoms with van der Waals surface area (Å²) in [4.78, 5) is 0. The van der Waals surface area contributed by atoms with E-state index in [2.05, 4.69) is 54.2 Å². The summed E-state index contributed by atoms with van der Waals surface area (Å²) in [5.74, 6) is 1.23. The van der Waals surface area contributed by atoms with Crippen LogP contribution in [-0.4, -0.2) is 13.1 Å². The van der Waals surface area contributed by atoms with Crippen LogP contribution in [0.15, 0.2) is 22.7 Å². The predicted octanol–water partition coefficient (Wildman–Crippen LogP) is 4.53. The summed E-state index contributed by atoms with van der Waals surface area (Å²) in [6, 6.07) is 6.64. The zero-order valence-corrected chi connectivity index (χ0v) is 13.3. The lowest BCUT2D eigenvalue weighted by molar-refractivity contribution is 0.300. The Bertz CT molecular complexity index is 365. The molecular formula is C14H21BrClN. The normalized spacial score (nSPS) is 15.0. The third-order valence-electron chi connectivity index (χ3n) is 3.42. The van der Waals surface area contributed by atoms with E-state index in [9.17, 15) is 0 Å². The van der Waals surface area contributed by atoms with Crippen LogP contribution in [0.25, 0.3) is 0 Å². The largest absolute Gasteiger partial charge is 0.317 e. The maximum atomic E-state index is 6.28. The molecule has 2 unspecified atom stereocenters. The molecule has 0 saturated heterocycles. The van der Waals surface area contributed by atoms with Gasteiger partial charge in [-0.1, -0.05) is 47.4 Å². The minimum absolute atomic E-state index is 0.495. The van der Waals surface area contributed by atoms with E-state index in [4.69, 9.17) is 11.6 Å². The monoisotopic (exact) mass is 317 g/mol. The van der Waals surface area contributed by atoms with Gasteiger partial charge in [-0.2, -0.15) is 0 Å². The molecule has 17 heavy (non-hydrogen) atoms. The van der Waals surface area contributed by atoms with Crippen molar-refractivity contribution in [2.75, 3.05) is 7.05 Å². The van der Waals surface area contributed by atoms with E-state index in [1.165, 1.54) is 5.56 Å². The van der Waals surface area contributed by atoms with Gasteiger partial charge in [-0.25, -0.2) is 0 Å². The van der Waals surface area contributed by atoms with Crippen molar-refractivity contribution in [2.45, 2.75) is 33.2 Å². The predicted molar refractivity (Wildman–Crippen MR) is 79.7 cm³/mol. The average molecular weight is 319 g/mol. The van der Waals surface area contributed by atoms with Crippen molar-refractivity contribution in [1.82, 2.24) is 5.32 Å². The van der Waals surface area contributed by atoms with Gasteiger partial charge in [0, 0.05) is 15.5 Å². The molecule has 1 aromatic carbocycles. The van der Waals surface area contributed by atoms with E-state index in [1.54, 1.807) is 0 Å². The smallest absolute Gasteiger partial charge is 0.0449 e. The fourth-order valence-corrected chi connectivity index (χ4v) is 2.90. The second kappa shape index (κ2) is 6.77. The number of hydrogen-bond donors (Lipinski definition) is 1. The Hall–Kier alpha value is -0.0500. The highest BCUT2D eigenvalue weighted by Crippen LogP contribution is 2.27. The fourth-order valence-electron chi connectivity index (χ4n) is 2.15. The van der Waals surface area contributed by atoms with E-state index in [0.29, 0.717) is 17.9 Å². The summed E-state index contributed by atoms with van der Waals surface area (Å²) in [6.45, 7) is 6.77. The van der Waals surface area contributed by atoms with Crippen LogP contribution < -0.4 is 5.32 Å². The molecule has 0 aliphatic carbocycles. The number of benzene rings is 1. The van der Waals surface area contributed by atoms with Crippen LogP contribution >= 0.6 is 27.5 Å². The fraction of sp³-hybridized carbons (Fsp3) is 0.571. The Morgan fingerprint density at radius 1 is 1.29 bits per heavy atom. The Labute approximate surface area is 118 Å². The highest BCUT2D eigenvalue weighted by Gasteiger charge is 2.20. The summed E-state index contributed by atoms with van der Waals surface area (Å²) < 4.78 is 1.04. The molecule has 0 spiro atoms. The maximum Gasteiger partial charge on any atom is 0.0449 e. The van der Waals surface area contributed by atoms with Crippen molar-refractivity contribution in [2.24, 2.45) is 11.8 Å². The Morgan fingerprint density at radius 3 is 2.41 bits per heavy atom. The lowest BCUT2D eigenvalue weighted by Crippen LogP contribution is -2.35. The average Bonchev–Trinajstić information content (AvgIpc) is 2.26. The van der Waals surface area contributed by atoms with Crippen molar-refractivity contribution < 1.29 is 0 Å². The van der Waals surface area contributed by atoms with Crippen LogP contribution in [0.3, 0.4) is 0 Å². The van der Waals surface area contributed by atoms with E-state index < -0.39 is 0 Å². The van der Waals surface area contributed by atoms with E-state index in [0.717, 1.165) is 15.9 Å². The second-order valence-corrected chi connectivity index (χ2v) is 6.25. The van der Waals surface area contributed by atoms with Crippen LogP contribution in [-0.2, 0) is 6.42 Å². The molecular weight excluding hydrogens is 298 g/mol. The molecule has 1 N–H and O–H groups in total. The van der Waals surface area contributed by atoms with Crippen LogP contribution in [0.2, 0.25) is 5.02 Å². The molecule has 0 radical (unpaired) electrons. The minimum Gasteiger partial charge on any atom is -0.317 e. The van der Waals surface area contributed by atoms with Gasteiger partial charge in [0.05, 0.1) is 0 Å². The zero-order chi connectivity index (χ0) is 13.0. The molecule has 1 aromatic rings. The third-order valence-corrected chi connectivity index (χ3v) is 4.27. The van der Waals surface area contributed by atoms with Crippen LogP contribution in [0, 0.1) is 11.8 Å². The summed E-state index contributed by atoms with van der Waals surface area (Å²) in [5, 5.41) is 4.20. The lowest BCUT2D eigenvalue weighted by atomic mass is 9.84. The van der Waals surface area contributed by atoms with Gasteiger partial charge in [-0.05, 0) is 49.9 Å². The Balaban J connectivity index is 2.86. The van der Waals surface area contributed by atoms with Crippen molar-refractivity contribution in [3.05, 3.63) is 33.3 Å². The summed E-state index contributed by atoms with van der Waals surface area (Å²) in [5.41, 5.74) is 1.23. The number of hydrogen-bond acceptors (Lipinski definition) is 1. The van der Waals surface area contributed by atoms with Gasteiger partial charge in [-0.3, -0.25) is 0 Å². The SMILES string of the molecule is CNC(C)C(Cc1ccc(Br)cc1Cl)C(C)C. The van der Waals surface area contributed by atoms with Crippen molar-refractivity contribution in [1.29, 1.82) is 0 Å². The second-order valence-electron chi connectivity index (χ2n) is 4.93. The molecule has 0 saturated carbocycles. The van der Waals surface area contributed by atoms with Gasteiger partial charge in [0.15, 0.2) is 0 Å². The molecule has 0 aliphatic heterocycles. The number of nitrogens with one attached hydrogen (secondary N) is 1. The van der Waals surface area contributed by atoms with E-state index in [-0.39, 0.29) is 0 Å². The summed E-state index contributed by atoms with van der Waals surface area (Å²) in [7, 11) is 2.02. The molecule has 0 amide bonds. The Morgan fingerprint density at radius 2 is 1.94 bits per heavy atom. The first kappa shape index (κ1) is 15.0. The molecule has 1 rings (SSSR count). The molecule has 96 valence electrons. The van der Waals surface area contributed by atoms with Gasteiger partial charge >= 0.3 is 0 Å². The summed E-state index contributed by atoms with van der Waals surface area (Å²) >= 11 is 9.71. The van der Waals surface area contributed by atoms with Gasteiger partial charge in [0.1, 0.15) is 0 Å². The molecule has 2 atom stereocenters. The van der Waals surface area contributed by atoms with Gasteiger partial charge in [0.2, 0.25) is 0 Å². The zero-order valence-electron chi connectivity index (χ0n) is 10.9. The topological polar surface area (TPSA) is 12.0 Å². The van der Waals surface area contributed by atoms with E-state index >= 15 is 0 Å². The summed E-state index contributed by atoms with van der Waals surface area (Å²) in [6.07, 6.45) is 1.02. The van der Waals surface area contributed by atoms with Crippen molar-refractivity contribution >= 4 is 27.5 Å². The standard InChI is InChI=1S/C14H21BrClN/c1-9(2)13(10(3)17-4)7-11-5-6-12(15)8-14(11)16/h5-6,8-10,13,17H,7H2,1-4H3. The number of rotatable bonds is 5. The number of halogens is 2. The maximum absolute atomic E-state index is 6.28. The molecule has 0 fully saturated rings. The first-order valence-corrected chi connectivity index (χ1v) is 7.24. The van der Waals surface area contributed by atoms with Gasteiger partial charge in [-0.15, -0.1) is 0 Å². The quantitative estimate of drug-likeness (QED) is 0.841. The van der Waals surface area contributed by atoms with Crippen LogP contribution in [0.5, 0.6) is 0 Å². The highest BCUT2D eigenvalue weighted by atomic mass is 79.9. The van der Waals surface area contributed by atoms with Gasteiger partial charge in [0.25, 0.3) is 0 Å². The van der Waals surface area contributed by atoms with Crippen LogP contribution in [0.1, 0.15) is 26.3 Å². The lowest BCUT2D eigenvalue weighted by Gasteiger charge is -2.27. The molecule has 3 heteroatoms. The highest BCUT2D eigenvalue weighted by molar-refractivity contribution is 9.10. The Kier molecular flexibility index (Phi) is 5.98. The molecule has 0 bridgehead atoms. The van der Waals surface area contributed by atoms with Crippen molar-refractivity contribution in [3.63, 3.8) is 0 Å². The molecule has 0 aromatic heterocycles. The van der Waals surface area contributed by atoms with Crippen LogP contribution in [0.4, 0.5) is 0 Å². The molecule has 1 nitrogen and oxygen atoms in total. The van der Waals surface area contributed by atoms with Crippen molar-refractivity contribution in [3.8, 4) is 0 Å².